The Bertz CT molecular complexity index is 1020. The summed E-state index contributed by atoms with van der Waals surface area (Å²) in [4.78, 5) is 2.28. The summed E-state index contributed by atoms with van der Waals surface area (Å²) in [5.74, 6) is -1.14. The molecule has 4 rings (SSSR count). The van der Waals surface area contributed by atoms with E-state index in [1.54, 1.807) is 6.20 Å². The van der Waals surface area contributed by atoms with Gasteiger partial charge in [0.2, 0.25) is 0 Å². The third kappa shape index (κ3) is 3.80. The van der Waals surface area contributed by atoms with Crippen LogP contribution in [-0.4, -0.2) is 35.2 Å². The van der Waals surface area contributed by atoms with E-state index in [-0.39, 0.29) is 6.54 Å². The second-order valence-electron chi connectivity index (χ2n) is 6.82. The van der Waals surface area contributed by atoms with Crippen molar-refractivity contribution in [3.63, 3.8) is 0 Å². The highest BCUT2D eigenvalue weighted by atomic mass is 19.1. The van der Waals surface area contributed by atoms with Crippen molar-refractivity contribution >= 4 is 22.2 Å². The normalized spacial score (nSPS) is 15.0. The Kier molecular flexibility index (Phi) is 4.81. The third-order valence-corrected chi connectivity index (χ3v) is 4.91. The van der Waals surface area contributed by atoms with Gasteiger partial charge in [-0.2, -0.15) is 10.2 Å². The highest BCUT2D eigenvalue weighted by Crippen LogP contribution is 2.28. The minimum absolute atomic E-state index is 0.241. The van der Waals surface area contributed by atoms with Gasteiger partial charge in [0.1, 0.15) is 11.6 Å². The SMILES string of the molecule is CN1CC=C(c2ccc3nncc(NCc4ccc(F)cc4F)c3c2)CC1. The third-order valence-electron chi connectivity index (χ3n) is 4.91. The number of hydrogen-bond donors (Lipinski definition) is 1. The zero-order valence-electron chi connectivity index (χ0n) is 15.0. The molecule has 1 aliphatic heterocycles. The molecule has 27 heavy (non-hydrogen) atoms. The fourth-order valence-electron chi connectivity index (χ4n) is 3.29. The lowest BCUT2D eigenvalue weighted by molar-refractivity contribution is 0.370. The first-order chi connectivity index (χ1) is 13.1. The molecule has 0 aliphatic carbocycles. The van der Waals surface area contributed by atoms with Crippen LogP contribution in [0.5, 0.6) is 0 Å². The molecular formula is C21H20F2N4. The smallest absolute Gasteiger partial charge is 0.131 e. The molecule has 0 bridgehead atoms. The van der Waals surface area contributed by atoms with Crippen molar-refractivity contribution in [3.05, 3.63) is 71.4 Å². The molecule has 0 atom stereocenters. The first kappa shape index (κ1) is 17.5. The van der Waals surface area contributed by atoms with Gasteiger partial charge in [0, 0.05) is 36.7 Å². The number of nitrogens with zero attached hydrogens (tertiary/aromatic N) is 3. The topological polar surface area (TPSA) is 41.1 Å². The molecule has 2 aromatic carbocycles. The summed E-state index contributed by atoms with van der Waals surface area (Å²) in [7, 11) is 2.11. The Morgan fingerprint density at radius 2 is 2.04 bits per heavy atom. The maximum atomic E-state index is 13.9. The van der Waals surface area contributed by atoms with Gasteiger partial charge in [0.05, 0.1) is 17.4 Å². The predicted octanol–water partition coefficient (Wildman–Crippen LogP) is 4.24. The zero-order valence-corrected chi connectivity index (χ0v) is 15.0. The molecule has 0 spiro atoms. The summed E-state index contributed by atoms with van der Waals surface area (Å²) in [6.45, 7) is 2.22. The number of fused-ring (bicyclic) bond motifs is 1. The van der Waals surface area contributed by atoms with E-state index < -0.39 is 11.6 Å². The maximum Gasteiger partial charge on any atom is 0.131 e. The summed E-state index contributed by atoms with van der Waals surface area (Å²) >= 11 is 0. The highest BCUT2D eigenvalue weighted by Gasteiger charge is 2.12. The van der Waals surface area contributed by atoms with Gasteiger partial charge in [-0.1, -0.05) is 18.2 Å². The monoisotopic (exact) mass is 366 g/mol. The molecule has 1 aliphatic rings. The largest absolute Gasteiger partial charge is 0.379 e. The molecule has 1 N–H and O–H groups in total. The van der Waals surface area contributed by atoms with Gasteiger partial charge in [0.25, 0.3) is 0 Å². The van der Waals surface area contributed by atoms with Crippen LogP contribution in [0.4, 0.5) is 14.5 Å². The van der Waals surface area contributed by atoms with Crippen molar-refractivity contribution < 1.29 is 8.78 Å². The van der Waals surface area contributed by atoms with Gasteiger partial charge in [-0.05, 0) is 42.8 Å². The van der Waals surface area contributed by atoms with Gasteiger partial charge >= 0.3 is 0 Å². The molecule has 0 amide bonds. The van der Waals surface area contributed by atoms with Gasteiger partial charge in [-0.25, -0.2) is 8.78 Å². The highest BCUT2D eigenvalue weighted by molar-refractivity contribution is 5.92. The number of benzene rings is 2. The van der Waals surface area contributed by atoms with E-state index in [2.05, 4.69) is 45.7 Å². The van der Waals surface area contributed by atoms with E-state index in [0.29, 0.717) is 5.56 Å². The lowest BCUT2D eigenvalue weighted by atomic mass is 9.98. The summed E-state index contributed by atoms with van der Waals surface area (Å²) in [6.07, 6.45) is 4.89. The second-order valence-corrected chi connectivity index (χ2v) is 6.82. The Balaban J connectivity index is 1.63. The molecule has 6 heteroatoms. The van der Waals surface area contributed by atoms with Gasteiger partial charge in [-0.15, -0.1) is 0 Å². The van der Waals surface area contributed by atoms with Crippen LogP contribution in [-0.2, 0) is 6.54 Å². The molecule has 1 aromatic heterocycles. The summed E-state index contributed by atoms with van der Waals surface area (Å²) in [5.41, 5.74) is 4.44. The minimum Gasteiger partial charge on any atom is -0.379 e. The molecule has 3 aromatic rings. The molecule has 0 saturated carbocycles. The second kappa shape index (κ2) is 7.40. The fourth-order valence-corrected chi connectivity index (χ4v) is 3.29. The van der Waals surface area contributed by atoms with Crippen LogP contribution in [0.3, 0.4) is 0 Å². The van der Waals surface area contributed by atoms with Crippen LogP contribution >= 0.6 is 0 Å². The number of rotatable bonds is 4. The quantitative estimate of drug-likeness (QED) is 0.750. The Labute approximate surface area is 156 Å². The molecule has 0 saturated heterocycles. The lowest BCUT2D eigenvalue weighted by Crippen LogP contribution is -2.23. The Morgan fingerprint density at radius 3 is 2.81 bits per heavy atom. The molecule has 4 nitrogen and oxygen atoms in total. The molecule has 0 fully saturated rings. The Hall–Kier alpha value is -2.86. The van der Waals surface area contributed by atoms with Crippen molar-refractivity contribution in [2.24, 2.45) is 0 Å². The van der Waals surface area contributed by atoms with E-state index in [9.17, 15) is 8.78 Å². The van der Waals surface area contributed by atoms with Crippen molar-refractivity contribution in [1.82, 2.24) is 15.1 Å². The number of anilines is 1. The summed E-state index contributed by atoms with van der Waals surface area (Å²) in [6, 6.07) is 9.73. The standard InChI is InChI=1S/C21H20F2N4/c1-27-8-6-14(7-9-27)15-3-5-20-18(10-15)21(13-25-26-20)24-12-16-2-4-17(22)11-19(16)23/h2-6,10-11,13H,7-9,12H2,1H3,(H,24,26). The number of aromatic nitrogens is 2. The van der Waals surface area contributed by atoms with Crippen molar-refractivity contribution in [3.8, 4) is 0 Å². The van der Waals surface area contributed by atoms with E-state index in [1.807, 2.05) is 6.07 Å². The number of halogens is 2. The minimum atomic E-state index is -0.580. The first-order valence-electron chi connectivity index (χ1n) is 8.91. The van der Waals surface area contributed by atoms with Crippen LogP contribution in [0, 0.1) is 11.6 Å². The van der Waals surface area contributed by atoms with Crippen LogP contribution in [0.1, 0.15) is 17.5 Å². The summed E-state index contributed by atoms with van der Waals surface area (Å²) in [5, 5.41) is 12.4. The molecule has 0 unspecified atom stereocenters. The fraction of sp³-hybridized carbons (Fsp3) is 0.238. The molecule has 2 heterocycles. The molecule has 138 valence electrons. The van der Waals surface area contributed by atoms with Crippen LogP contribution < -0.4 is 5.32 Å². The van der Waals surface area contributed by atoms with E-state index in [1.165, 1.54) is 23.3 Å². The van der Waals surface area contributed by atoms with Gasteiger partial charge < -0.3 is 10.2 Å². The van der Waals surface area contributed by atoms with E-state index in [4.69, 9.17) is 0 Å². The predicted molar refractivity (Wildman–Crippen MR) is 103 cm³/mol. The molecular weight excluding hydrogens is 346 g/mol. The maximum absolute atomic E-state index is 13.9. The first-order valence-corrected chi connectivity index (χ1v) is 8.91. The molecule has 0 radical (unpaired) electrons. The van der Waals surface area contributed by atoms with E-state index >= 15 is 0 Å². The van der Waals surface area contributed by atoms with Crippen LogP contribution in [0.2, 0.25) is 0 Å². The number of hydrogen-bond acceptors (Lipinski definition) is 4. The van der Waals surface area contributed by atoms with Gasteiger partial charge in [0.15, 0.2) is 0 Å². The average molecular weight is 366 g/mol. The van der Waals surface area contributed by atoms with Crippen molar-refractivity contribution in [2.45, 2.75) is 13.0 Å². The lowest BCUT2D eigenvalue weighted by Gasteiger charge is -2.22. The van der Waals surface area contributed by atoms with Crippen LogP contribution in [0.25, 0.3) is 16.5 Å². The van der Waals surface area contributed by atoms with Crippen molar-refractivity contribution in [1.29, 1.82) is 0 Å². The van der Waals surface area contributed by atoms with Crippen LogP contribution in [0.15, 0.2) is 48.7 Å². The Morgan fingerprint density at radius 1 is 1.15 bits per heavy atom. The van der Waals surface area contributed by atoms with Crippen molar-refractivity contribution in [2.75, 3.05) is 25.5 Å². The zero-order chi connectivity index (χ0) is 18.8. The van der Waals surface area contributed by atoms with Gasteiger partial charge in [-0.3, -0.25) is 0 Å². The summed E-state index contributed by atoms with van der Waals surface area (Å²) < 4.78 is 27.0. The number of likely N-dealkylation sites (N-methyl/N-ethyl adjacent to an activating group) is 1. The number of nitrogens with one attached hydrogen (secondary N) is 1. The van der Waals surface area contributed by atoms with E-state index in [0.717, 1.165) is 42.2 Å². The average Bonchev–Trinajstić information content (AvgIpc) is 2.67.